The average Bonchev–Trinajstić information content (AvgIpc) is 2.38. The van der Waals surface area contributed by atoms with E-state index in [-0.39, 0.29) is 0 Å². The minimum absolute atomic E-state index is 0.565. The number of nitrogens with zero attached hydrogens (tertiary/aromatic N) is 1. The third kappa shape index (κ3) is 3.57. The second-order valence-electron chi connectivity index (χ2n) is 5.60. The van der Waals surface area contributed by atoms with Crippen molar-refractivity contribution in [3.63, 3.8) is 0 Å². The molecule has 2 heteroatoms. The fraction of sp³-hybridized carbons (Fsp3) is 0.353. The summed E-state index contributed by atoms with van der Waals surface area (Å²) < 4.78 is 0. The van der Waals surface area contributed by atoms with Gasteiger partial charge in [-0.1, -0.05) is 51.1 Å². The van der Waals surface area contributed by atoms with Gasteiger partial charge in [0.05, 0.1) is 5.69 Å². The molecule has 2 nitrogen and oxygen atoms in total. The molecule has 0 aliphatic heterocycles. The normalized spacial score (nSPS) is 12.6. The topological polar surface area (TPSA) is 38.9 Å². The highest BCUT2D eigenvalue weighted by atomic mass is 14.8. The Hall–Kier alpha value is -1.83. The summed E-state index contributed by atoms with van der Waals surface area (Å²) in [6.45, 7) is 6.82. The highest BCUT2D eigenvalue weighted by Crippen LogP contribution is 2.26. The van der Waals surface area contributed by atoms with Crippen LogP contribution < -0.4 is 5.73 Å². The fourth-order valence-electron chi connectivity index (χ4n) is 2.44. The van der Waals surface area contributed by atoms with Gasteiger partial charge in [0, 0.05) is 5.56 Å². The van der Waals surface area contributed by atoms with Gasteiger partial charge in [-0.05, 0) is 36.0 Å². The summed E-state index contributed by atoms with van der Waals surface area (Å²) in [5, 5.41) is 0. The van der Waals surface area contributed by atoms with E-state index in [0.717, 1.165) is 17.2 Å². The Bertz CT molecular complexity index is 529. The van der Waals surface area contributed by atoms with Crippen molar-refractivity contribution < 1.29 is 0 Å². The molecule has 2 N–H and O–H groups in total. The van der Waals surface area contributed by atoms with E-state index in [0.29, 0.717) is 11.7 Å². The zero-order valence-corrected chi connectivity index (χ0v) is 11.9. The molecule has 0 saturated carbocycles. The number of hydrogen-bond acceptors (Lipinski definition) is 2. The third-order valence-electron chi connectivity index (χ3n) is 3.37. The van der Waals surface area contributed by atoms with Crippen LogP contribution in [-0.4, -0.2) is 4.98 Å². The highest BCUT2D eigenvalue weighted by Gasteiger charge is 2.08. The Morgan fingerprint density at radius 2 is 1.68 bits per heavy atom. The van der Waals surface area contributed by atoms with Gasteiger partial charge in [0.2, 0.25) is 0 Å². The van der Waals surface area contributed by atoms with E-state index in [9.17, 15) is 0 Å². The Labute approximate surface area is 115 Å². The van der Waals surface area contributed by atoms with Crippen molar-refractivity contribution in [1.82, 2.24) is 4.98 Å². The summed E-state index contributed by atoms with van der Waals surface area (Å²) in [4.78, 5) is 4.34. The first-order chi connectivity index (χ1) is 9.06. The fourth-order valence-corrected chi connectivity index (χ4v) is 2.44. The predicted octanol–water partition coefficient (Wildman–Crippen LogP) is 4.48. The number of anilines is 1. The first-order valence-corrected chi connectivity index (χ1v) is 6.89. The van der Waals surface area contributed by atoms with Crippen LogP contribution in [-0.2, 0) is 0 Å². The van der Waals surface area contributed by atoms with Crippen molar-refractivity contribution in [3.8, 4) is 11.3 Å². The lowest BCUT2D eigenvalue weighted by atomic mass is 9.91. The first-order valence-electron chi connectivity index (χ1n) is 6.89. The standard InChI is InChI=1S/C17H22N2/c1-12(2)11-13(3)14-7-9-15(10-8-14)16-5-4-6-17(18)19-16/h4-10,12-13H,11H2,1-3H3,(H2,18,19). The Morgan fingerprint density at radius 3 is 2.26 bits per heavy atom. The smallest absolute Gasteiger partial charge is 0.124 e. The van der Waals surface area contributed by atoms with Crippen LogP contribution in [0.2, 0.25) is 0 Å². The van der Waals surface area contributed by atoms with E-state index < -0.39 is 0 Å². The molecule has 0 fully saturated rings. The molecule has 0 spiro atoms. The number of nitrogen functional groups attached to an aromatic ring is 1. The van der Waals surface area contributed by atoms with Crippen LogP contribution in [0.1, 0.15) is 38.7 Å². The number of pyridine rings is 1. The molecule has 0 aliphatic rings. The Morgan fingerprint density at radius 1 is 1.00 bits per heavy atom. The van der Waals surface area contributed by atoms with Crippen LogP contribution in [0.5, 0.6) is 0 Å². The van der Waals surface area contributed by atoms with E-state index in [1.165, 1.54) is 12.0 Å². The lowest BCUT2D eigenvalue weighted by Gasteiger charge is -2.14. The number of benzene rings is 1. The first kappa shape index (κ1) is 13.6. The van der Waals surface area contributed by atoms with Gasteiger partial charge in [0.15, 0.2) is 0 Å². The van der Waals surface area contributed by atoms with Crippen LogP contribution in [0, 0.1) is 5.92 Å². The van der Waals surface area contributed by atoms with Crippen LogP contribution in [0.15, 0.2) is 42.5 Å². The number of rotatable bonds is 4. The van der Waals surface area contributed by atoms with Crippen LogP contribution >= 0.6 is 0 Å². The maximum absolute atomic E-state index is 5.72. The predicted molar refractivity (Wildman–Crippen MR) is 82.0 cm³/mol. The SMILES string of the molecule is CC(C)CC(C)c1ccc(-c2cccc(N)n2)cc1. The summed E-state index contributed by atoms with van der Waals surface area (Å²) in [5.41, 5.74) is 9.16. The summed E-state index contributed by atoms with van der Waals surface area (Å²) in [6, 6.07) is 14.4. The number of aromatic nitrogens is 1. The minimum atomic E-state index is 0.565. The number of hydrogen-bond donors (Lipinski definition) is 1. The molecule has 1 atom stereocenters. The third-order valence-corrected chi connectivity index (χ3v) is 3.37. The molecule has 0 amide bonds. The lowest BCUT2D eigenvalue weighted by molar-refractivity contribution is 0.524. The highest BCUT2D eigenvalue weighted by molar-refractivity contribution is 5.61. The van der Waals surface area contributed by atoms with Gasteiger partial charge in [-0.15, -0.1) is 0 Å². The quantitative estimate of drug-likeness (QED) is 0.873. The molecular formula is C17H22N2. The van der Waals surface area contributed by atoms with Crippen molar-refractivity contribution in [2.45, 2.75) is 33.1 Å². The van der Waals surface area contributed by atoms with E-state index in [1.807, 2.05) is 18.2 Å². The summed E-state index contributed by atoms with van der Waals surface area (Å²) in [6.07, 6.45) is 1.22. The maximum Gasteiger partial charge on any atom is 0.124 e. The van der Waals surface area contributed by atoms with E-state index >= 15 is 0 Å². The molecule has 100 valence electrons. The molecule has 0 radical (unpaired) electrons. The molecule has 0 aliphatic carbocycles. The van der Waals surface area contributed by atoms with Gasteiger partial charge >= 0.3 is 0 Å². The lowest BCUT2D eigenvalue weighted by Crippen LogP contribution is -1.98. The molecule has 1 unspecified atom stereocenters. The molecular weight excluding hydrogens is 232 g/mol. The second kappa shape index (κ2) is 5.87. The molecule has 19 heavy (non-hydrogen) atoms. The minimum Gasteiger partial charge on any atom is -0.384 e. The van der Waals surface area contributed by atoms with Gasteiger partial charge in [-0.2, -0.15) is 0 Å². The maximum atomic E-state index is 5.72. The van der Waals surface area contributed by atoms with Gasteiger partial charge in [-0.25, -0.2) is 4.98 Å². The van der Waals surface area contributed by atoms with Crippen molar-refractivity contribution in [1.29, 1.82) is 0 Å². The van der Waals surface area contributed by atoms with E-state index in [4.69, 9.17) is 5.73 Å². The summed E-state index contributed by atoms with van der Waals surface area (Å²) in [5.74, 6) is 1.89. The van der Waals surface area contributed by atoms with Crippen molar-refractivity contribution in [2.75, 3.05) is 5.73 Å². The van der Waals surface area contributed by atoms with Crippen LogP contribution in [0.25, 0.3) is 11.3 Å². The van der Waals surface area contributed by atoms with Gasteiger partial charge in [0.25, 0.3) is 0 Å². The summed E-state index contributed by atoms with van der Waals surface area (Å²) >= 11 is 0. The van der Waals surface area contributed by atoms with Crippen molar-refractivity contribution >= 4 is 5.82 Å². The molecule has 2 rings (SSSR count). The van der Waals surface area contributed by atoms with Crippen molar-refractivity contribution in [2.24, 2.45) is 5.92 Å². The Balaban J connectivity index is 2.19. The van der Waals surface area contributed by atoms with E-state index in [1.54, 1.807) is 0 Å². The van der Waals surface area contributed by atoms with E-state index in [2.05, 4.69) is 50.0 Å². The molecule has 2 aromatic rings. The molecule has 0 bridgehead atoms. The van der Waals surface area contributed by atoms with Gasteiger partial charge in [-0.3, -0.25) is 0 Å². The molecule has 1 heterocycles. The molecule has 1 aromatic heterocycles. The largest absolute Gasteiger partial charge is 0.384 e. The summed E-state index contributed by atoms with van der Waals surface area (Å²) in [7, 11) is 0. The molecule has 0 saturated heterocycles. The van der Waals surface area contributed by atoms with Crippen LogP contribution in [0.3, 0.4) is 0 Å². The Kier molecular flexibility index (Phi) is 4.20. The second-order valence-corrected chi connectivity index (χ2v) is 5.60. The van der Waals surface area contributed by atoms with Gasteiger partial charge in [0.1, 0.15) is 5.82 Å². The zero-order valence-electron chi connectivity index (χ0n) is 11.9. The zero-order chi connectivity index (χ0) is 13.8. The monoisotopic (exact) mass is 254 g/mol. The van der Waals surface area contributed by atoms with Crippen molar-refractivity contribution in [3.05, 3.63) is 48.0 Å². The van der Waals surface area contributed by atoms with Crippen LogP contribution in [0.4, 0.5) is 5.82 Å². The van der Waals surface area contributed by atoms with Gasteiger partial charge < -0.3 is 5.73 Å². The molecule has 1 aromatic carbocycles. The number of nitrogens with two attached hydrogens (primary N) is 1. The average molecular weight is 254 g/mol.